The van der Waals surface area contributed by atoms with Gasteiger partial charge in [0.2, 0.25) is 0 Å². The summed E-state index contributed by atoms with van der Waals surface area (Å²) >= 11 is 0. The van der Waals surface area contributed by atoms with Gasteiger partial charge in [-0.3, -0.25) is 4.79 Å². The van der Waals surface area contributed by atoms with Crippen LogP contribution in [0.25, 0.3) is 5.65 Å². The highest BCUT2D eigenvalue weighted by atomic mass is 16.1. The Morgan fingerprint density at radius 2 is 2.53 bits per heavy atom. The first-order chi connectivity index (χ1) is 8.36. The Hall–Kier alpha value is -1.75. The van der Waals surface area contributed by atoms with Crippen LogP contribution in [0.2, 0.25) is 0 Å². The molecule has 5 nitrogen and oxygen atoms in total. The molecule has 2 aromatic rings. The number of hydrogen-bond acceptors (Lipinski definition) is 4. The van der Waals surface area contributed by atoms with Gasteiger partial charge in [0, 0.05) is 12.6 Å². The average Bonchev–Trinajstić information content (AvgIpc) is 2.97. The van der Waals surface area contributed by atoms with E-state index in [1.54, 1.807) is 10.6 Å². The van der Waals surface area contributed by atoms with Crippen molar-refractivity contribution >= 4 is 11.9 Å². The predicted molar refractivity (Wildman–Crippen MR) is 63.1 cm³/mol. The standard InChI is InChI=1S/C12H14N4O/c17-8-10-2-1-5-16-12(10)14-11(15-16)6-9-3-4-13-7-9/h1-2,5,8-9,13H,3-4,6-7H2. The van der Waals surface area contributed by atoms with Crippen molar-refractivity contribution in [1.29, 1.82) is 0 Å². The lowest BCUT2D eigenvalue weighted by Gasteiger charge is -2.02. The number of carbonyl (C=O) groups is 1. The molecule has 1 fully saturated rings. The molecule has 0 bridgehead atoms. The molecule has 0 aromatic carbocycles. The van der Waals surface area contributed by atoms with Crippen molar-refractivity contribution < 1.29 is 4.79 Å². The second kappa shape index (κ2) is 4.25. The van der Waals surface area contributed by atoms with Crippen molar-refractivity contribution in [3.8, 4) is 0 Å². The van der Waals surface area contributed by atoms with Gasteiger partial charge >= 0.3 is 0 Å². The molecule has 17 heavy (non-hydrogen) atoms. The molecular formula is C12H14N4O. The second-order valence-corrected chi connectivity index (χ2v) is 4.44. The molecule has 5 heteroatoms. The monoisotopic (exact) mass is 230 g/mol. The Balaban J connectivity index is 1.92. The van der Waals surface area contributed by atoms with Crippen molar-refractivity contribution in [2.24, 2.45) is 5.92 Å². The summed E-state index contributed by atoms with van der Waals surface area (Å²) in [5, 5.41) is 7.73. The highest BCUT2D eigenvalue weighted by Gasteiger charge is 2.17. The summed E-state index contributed by atoms with van der Waals surface area (Å²) in [6.07, 6.45) is 4.71. The number of fused-ring (bicyclic) bond motifs is 1. The minimum Gasteiger partial charge on any atom is -0.316 e. The number of nitrogens with zero attached hydrogens (tertiary/aromatic N) is 3. The fourth-order valence-electron chi connectivity index (χ4n) is 2.30. The van der Waals surface area contributed by atoms with E-state index in [2.05, 4.69) is 15.4 Å². The van der Waals surface area contributed by atoms with Gasteiger partial charge in [-0.1, -0.05) is 0 Å². The maximum Gasteiger partial charge on any atom is 0.166 e. The van der Waals surface area contributed by atoms with Crippen LogP contribution in [-0.4, -0.2) is 34.0 Å². The summed E-state index contributed by atoms with van der Waals surface area (Å²) in [6, 6.07) is 3.57. The average molecular weight is 230 g/mol. The molecule has 2 aromatic heterocycles. The zero-order valence-electron chi connectivity index (χ0n) is 9.47. The van der Waals surface area contributed by atoms with Crippen LogP contribution in [0.5, 0.6) is 0 Å². The van der Waals surface area contributed by atoms with Gasteiger partial charge in [0.05, 0.1) is 5.56 Å². The SMILES string of the molecule is O=Cc1cccn2nc(CC3CCNC3)nc12. The van der Waals surface area contributed by atoms with Crippen LogP contribution in [0.15, 0.2) is 18.3 Å². The smallest absolute Gasteiger partial charge is 0.166 e. The first-order valence-corrected chi connectivity index (χ1v) is 5.87. The Labute approximate surface area is 98.9 Å². The molecule has 3 heterocycles. The van der Waals surface area contributed by atoms with Crippen LogP contribution < -0.4 is 5.32 Å². The molecule has 88 valence electrons. The summed E-state index contributed by atoms with van der Waals surface area (Å²) < 4.78 is 1.68. The summed E-state index contributed by atoms with van der Waals surface area (Å²) in [4.78, 5) is 15.3. The van der Waals surface area contributed by atoms with E-state index in [4.69, 9.17) is 0 Å². The summed E-state index contributed by atoms with van der Waals surface area (Å²) in [5.74, 6) is 1.44. The zero-order chi connectivity index (χ0) is 11.7. The van der Waals surface area contributed by atoms with E-state index in [0.29, 0.717) is 17.1 Å². The first-order valence-electron chi connectivity index (χ1n) is 5.87. The minimum atomic E-state index is 0.593. The number of carbonyl (C=O) groups excluding carboxylic acids is 1. The van der Waals surface area contributed by atoms with Gasteiger partial charge in [-0.2, -0.15) is 5.10 Å². The fourth-order valence-corrected chi connectivity index (χ4v) is 2.30. The molecule has 1 unspecified atom stereocenters. The molecule has 1 N–H and O–H groups in total. The Morgan fingerprint density at radius 3 is 3.29 bits per heavy atom. The lowest BCUT2D eigenvalue weighted by atomic mass is 10.1. The van der Waals surface area contributed by atoms with Crippen LogP contribution in [-0.2, 0) is 6.42 Å². The van der Waals surface area contributed by atoms with Crippen molar-refractivity contribution in [3.05, 3.63) is 29.7 Å². The van der Waals surface area contributed by atoms with Crippen molar-refractivity contribution in [1.82, 2.24) is 19.9 Å². The third-order valence-corrected chi connectivity index (χ3v) is 3.20. The molecule has 1 atom stereocenters. The third kappa shape index (κ3) is 1.93. The highest BCUT2D eigenvalue weighted by molar-refractivity contribution is 5.83. The third-order valence-electron chi connectivity index (χ3n) is 3.20. The van der Waals surface area contributed by atoms with Crippen LogP contribution in [0, 0.1) is 5.92 Å². The van der Waals surface area contributed by atoms with Crippen LogP contribution in [0.4, 0.5) is 0 Å². The van der Waals surface area contributed by atoms with Gasteiger partial charge in [-0.15, -0.1) is 0 Å². The normalized spacial score (nSPS) is 19.9. The lowest BCUT2D eigenvalue weighted by Crippen LogP contribution is -2.11. The predicted octanol–water partition coefficient (Wildman–Crippen LogP) is 0.694. The van der Waals surface area contributed by atoms with E-state index in [1.807, 2.05) is 12.3 Å². The van der Waals surface area contributed by atoms with Crippen LogP contribution in [0.1, 0.15) is 22.6 Å². The summed E-state index contributed by atoms with van der Waals surface area (Å²) in [7, 11) is 0. The molecule has 0 radical (unpaired) electrons. The molecule has 0 aliphatic carbocycles. The number of nitrogens with one attached hydrogen (secondary N) is 1. The van der Waals surface area contributed by atoms with E-state index in [-0.39, 0.29) is 0 Å². The van der Waals surface area contributed by atoms with Crippen molar-refractivity contribution in [3.63, 3.8) is 0 Å². The van der Waals surface area contributed by atoms with Gasteiger partial charge in [0.25, 0.3) is 0 Å². The topological polar surface area (TPSA) is 59.3 Å². The molecule has 0 saturated carbocycles. The van der Waals surface area contributed by atoms with Crippen LogP contribution in [0.3, 0.4) is 0 Å². The van der Waals surface area contributed by atoms with Crippen molar-refractivity contribution in [2.45, 2.75) is 12.8 Å². The van der Waals surface area contributed by atoms with E-state index in [0.717, 1.165) is 31.6 Å². The fraction of sp³-hybridized carbons (Fsp3) is 0.417. The number of hydrogen-bond donors (Lipinski definition) is 1. The number of aldehydes is 1. The van der Waals surface area contributed by atoms with E-state index in [9.17, 15) is 4.79 Å². The van der Waals surface area contributed by atoms with Gasteiger partial charge in [0.1, 0.15) is 0 Å². The number of aromatic nitrogens is 3. The van der Waals surface area contributed by atoms with Gasteiger partial charge in [-0.25, -0.2) is 9.50 Å². The van der Waals surface area contributed by atoms with Gasteiger partial charge < -0.3 is 5.32 Å². The van der Waals surface area contributed by atoms with Crippen LogP contribution >= 0.6 is 0 Å². The highest BCUT2D eigenvalue weighted by Crippen LogP contribution is 2.14. The van der Waals surface area contributed by atoms with E-state index >= 15 is 0 Å². The first kappa shape index (κ1) is 10.4. The quantitative estimate of drug-likeness (QED) is 0.788. The Morgan fingerprint density at radius 1 is 1.59 bits per heavy atom. The maximum absolute atomic E-state index is 10.9. The second-order valence-electron chi connectivity index (χ2n) is 4.44. The maximum atomic E-state index is 10.9. The molecular weight excluding hydrogens is 216 g/mol. The van der Waals surface area contributed by atoms with Gasteiger partial charge in [-0.05, 0) is 37.6 Å². The molecule has 3 rings (SSSR count). The summed E-state index contributed by atoms with van der Waals surface area (Å²) in [6.45, 7) is 2.12. The Bertz CT molecular complexity index is 542. The molecule has 1 aliphatic heterocycles. The molecule has 1 aliphatic rings. The molecule has 0 amide bonds. The minimum absolute atomic E-state index is 0.593. The van der Waals surface area contributed by atoms with E-state index < -0.39 is 0 Å². The number of rotatable bonds is 3. The zero-order valence-corrected chi connectivity index (χ0v) is 9.47. The molecule has 1 saturated heterocycles. The molecule has 0 spiro atoms. The lowest BCUT2D eigenvalue weighted by molar-refractivity contribution is 0.112. The van der Waals surface area contributed by atoms with Crippen molar-refractivity contribution in [2.75, 3.05) is 13.1 Å². The van der Waals surface area contributed by atoms with E-state index in [1.165, 1.54) is 6.42 Å². The summed E-state index contributed by atoms with van der Waals surface area (Å²) in [5.41, 5.74) is 1.25. The largest absolute Gasteiger partial charge is 0.316 e. The van der Waals surface area contributed by atoms with Gasteiger partial charge in [0.15, 0.2) is 17.8 Å². The number of pyridine rings is 1. The Kier molecular flexibility index (Phi) is 2.60.